The molecule has 4 nitrogen and oxygen atoms in total. The van der Waals surface area contributed by atoms with Gasteiger partial charge in [-0.2, -0.15) is 0 Å². The van der Waals surface area contributed by atoms with Gasteiger partial charge in [0.2, 0.25) is 0 Å². The summed E-state index contributed by atoms with van der Waals surface area (Å²) in [5.41, 5.74) is 3.43. The van der Waals surface area contributed by atoms with Crippen molar-refractivity contribution in [2.45, 2.75) is 13.8 Å². The molecule has 0 unspecified atom stereocenters. The van der Waals surface area contributed by atoms with E-state index in [4.69, 9.17) is 0 Å². The largest absolute Gasteiger partial charge is 0.285 e. The Hall–Kier alpha value is -1.42. The summed E-state index contributed by atoms with van der Waals surface area (Å²) < 4.78 is 0. The summed E-state index contributed by atoms with van der Waals surface area (Å²) in [6.07, 6.45) is 3.22. The maximum atomic E-state index is 11.6. The number of aromatic nitrogens is 1. The monoisotopic (exact) mass is 193 g/mol. The van der Waals surface area contributed by atoms with E-state index >= 15 is 0 Å². The summed E-state index contributed by atoms with van der Waals surface area (Å²) >= 11 is 0. The summed E-state index contributed by atoms with van der Waals surface area (Å²) in [5, 5.41) is 1.85. The van der Waals surface area contributed by atoms with Gasteiger partial charge < -0.3 is 0 Å². The molecule has 1 N–H and O–H groups in total. The Morgan fingerprint density at radius 2 is 1.93 bits per heavy atom. The van der Waals surface area contributed by atoms with Crippen LogP contribution in [0.25, 0.3) is 0 Å². The van der Waals surface area contributed by atoms with Crippen LogP contribution in [0.1, 0.15) is 24.2 Å². The molecule has 0 aromatic carbocycles. The molecule has 0 aliphatic carbocycles. The van der Waals surface area contributed by atoms with Gasteiger partial charge >= 0.3 is 0 Å². The predicted octanol–water partition coefficient (Wildman–Crippen LogP) is 1.07. The van der Waals surface area contributed by atoms with Crippen LogP contribution in [0.2, 0.25) is 0 Å². The molecule has 0 spiro atoms. The number of carbonyl (C=O) groups excluding carboxylic acids is 1. The third-order valence-corrected chi connectivity index (χ3v) is 1.97. The standard InChI is InChI=1S/C10H15N3O/c1-3-13(4-2)12-10(14)9-5-7-11-8-6-9/h5-8H,3-4H2,1-2H3,(H,12,14). The van der Waals surface area contributed by atoms with Crippen LogP contribution in [0.4, 0.5) is 0 Å². The Morgan fingerprint density at radius 1 is 1.36 bits per heavy atom. The first kappa shape index (κ1) is 10.7. The van der Waals surface area contributed by atoms with E-state index in [1.165, 1.54) is 0 Å². The Labute approximate surface area is 83.9 Å². The van der Waals surface area contributed by atoms with Crippen LogP contribution in [0.15, 0.2) is 24.5 Å². The lowest BCUT2D eigenvalue weighted by atomic mass is 10.2. The third kappa shape index (κ3) is 2.81. The number of amides is 1. The highest BCUT2D eigenvalue weighted by Gasteiger charge is 2.07. The number of nitrogens with zero attached hydrogens (tertiary/aromatic N) is 2. The zero-order valence-corrected chi connectivity index (χ0v) is 8.53. The number of nitrogens with one attached hydrogen (secondary N) is 1. The molecule has 14 heavy (non-hydrogen) atoms. The molecule has 0 atom stereocenters. The van der Waals surface area contributed by atoms with Crippen molar-refractivity contribution >= 4 is 5.91 Å². The lowest BCUT2D eigenvalue weighted by molar-refractivity contribution is 0.0805. The van der Waals surface area contributed by atoms with Gasteiger partial charge in [-0.25, -0.2) is 5.01 Å². The topological polar surface area (TPSA) is 45.2 Å². The minimum Gasteiger partial charge on any atom is -0.285 e. The zero-order chi connectivity index (χ0) is 10.4. The molecular weight excluding hydrogens is 178 g/mol. The normalized spacial score (nSPS) is 10.2. The smallest absolute Gasteiger partial charge is 0.265 e. The van der Waals surface area contributed by atoms with Crippen LogP contribution >= 0.6 is 0 Å². The average molecular weight is 193 g/mol. The summed E-state index contributed by atoms with van der Waals surface area (Å²) in [6, 6.07) is 3.39. The predicted molar refractivity (Wildman–Crippen MR) is 54.6 cm³/mol. The molecule has 1 aromatic rings. The van der Waals surface area contributed by atoms with Crippen LogP contribution in [0.3, 0.4) is 0 Å². The van der Waals surface area contributed by atoms with Gasteiger partial charge in [-0.3, -0.25) is 15.2 Å². The van der Waals surface area contributed by atoms with Crippen molar-refractivity contribution in [1.82, 2.24) is 15.4 Å². The number of pyridine rings is 1. The second kappa shape index (κ2) is 5.34. The van der Waals surface area contributed by atoms with Crippen molar-refractivity contribution in [1.29, 1.82) is 0 Å². The highest BCUT2D eigenvalue weighted by Crippen LogP contribution is 1.96. The summed E-state index contributed by atoms with van der Waals surface area (Å²) in [5.74, 6) is -0.0869. The van der Waals surface area contributed by atoms with Crippen LogP contribution < -0.4 is 5.43 Å². The summed E-state index contributed by atoms with van der Waals surface area (Å²) in [6.45, 7) is 5.59. The molecule has 0 saturated carbocycles. The molecule has 0 aliphatic heterocycles. The van der Waals surface area contributed by atoms with E-state index in [0.29, 0.717) is 5.56 Å². The summed E-state index contributed by atoms with van der Waals surface area (Å²) in [7, 11) is 0. The molecule has 0 aliphatic rings. The number of hydrogen-bond donors (Lipinski definition) is 1. The first-order chi connectivity index (χ1) is 6.77. The Morgan fingerprint density at radius 3 is 2.43 bits per heavy atom. The van der Waals surface area contributed by atoms with Crippen molar-refractivity contribution in [2.75, 3.05) is 13.1 Å². The quantitative estimate of drug-likeness (QED) is 0.727. The molecule has 0 fully saturated rings. The number of hydrazine groups is 1. The SMILES string of the molecule is CCN(CC)NC(=O)c1ccncc1. The van der Waals surface area contributed by atoms with Crippen molar-refractivity contribution in [3.05, 3.63) is 30.1 Å². The van der Waals surface area contributed by atoms with Gasteiger partial charge in [0, 0.05) is 31.0 Å². The van der Waals surface area contributed by atoms with Crippen molar-refractivity contribution in [3.63, 3.8) is 0 Å². The number of rotatable bonds is 4. The van der Waals surface area contributed by atoms with Crippen LogP contribution in [-0.4, -0.2) is 29.0 Å². The van der Waals surface area contributed by atoms with E-state index in [-0.39, 0.29) is 5.91 Å². The van der Waals surface area contributed by atoms with Gasteiger partial charge in [-0.1, -0.05) is 13.8 Å². The molecule has 0 saturated heterocycles. The molecule has 0 bridgehead atoms. The first-order valence-electron chi connectivity index (χ1n) is 4.73. The molecule has 1 heterocycles. The maximum absolute atomic E-state index is 11.6. The third-order valence-electron chi connectivity index (χ3n) is 1.97. The lowest BCUT2D eigenvalue weighted by Gasteiger charge is -2.18. The Balaban J connectivity index is 2.59. The van der Waals surface area contributed by atoms with E-state index < -0.39 is 0 Å². The van der Waals surface area contributed by atoms with Gasteiger partial charge in [0.15, 0.2) is 0 Å². The van der Waals surface area contributed by atoms with Crippen molar-refractivity contribution in [3.8, 4) is 0 Å². The Bertz CT molecular complexity index is 283. The second-order valence-electron chi connectivity index (χ2n) is 2.85. The van der Waals surface area contributed by atoms with E-state index in [2.05, 4.69) is 10.4 Å². The molecular formula is C10H15N3O. The second-order valence-corrected chi connectivity index (χ2v) is 2.85. The highest BCUT2D eigenvalue weighted by atomic mass is 16.2. The zero-order valence-electron chi connectivity index (χ0n) is 8.53. The number of hydrogen-bond acceptors (Lipinski definition) is 3. The Kier molecular flexibility index (Phi) is 4.07. The van der Waals surface area contributed by atoms with Gasteiger partial charge in [0.05, 0.1) is 0 Å². The molecule has 4 heteroatoms. The molecule has 0 radical (unpaired) electrons. The fourth-order valence-electron chi connectivity index (χ4n) is 1.09. The van der Waals surface area contributed by atoms with Crippen LogP contribution in [0, 0.1) is 0 Å². The highest BCUT2D eigenvalue weighted by molar-refractivity contribution is 5.93. The fourth-order valence-corrected chi connectivity index (χ4v) is 1.09. The van der Waals surface area contributed by atoms with Gasteiger partial charge in [0.25, 0.3) is 5.91 Å². The molecule has 1 aromatic heterocycles. The van der Waals surface area contributed by atoms with Gasteiger partial charge in [-0.05, 0) is 12.1 Å². The summed E-state index contributed by atoms with van der Waals surface area (Å²) in [4.78, 5) is 15.4. The maximum Gasteiger partial charge on any atom is 0.265 e. The minimum atomic E-state index is -0.0869. The van der Waals surface area contributed by atoms with Gasteiger partial charge in [-0.15, -0.1) is 0 Å². The number of carbonyl (C=O) groups is 1. The minimum absolute atomic E-state index is 0.0869. The van der Waals surface area contributed by atoms with Crippen LogP contribution in [-0.2, 0) is 0 Å². The van der Waals surface area contributed by atoms with Crippen molar-refractivity contribution < 1.29 is 4.79 Å². The van der Waals surface area contributed by atoms with E-state index in [1.54, 1.807) is 24.5 Å². The van der Waals surface area contributed by atoms with E-state index in [0.717, 1.165) is 13.1 Å². The molecule has 1 amide bonds. The molecule has 76 valence electrons. The van der Waals surface area contributed by atoms with Crippen LogP contribution in [0.5, 0.6) is 0 Å². The average Bonchev–Trinajstić information content (AvgIpc) is 2.26. The van der Waals surface area contributed by atoms with Gasteiger partial charge in [0.1, 0.15) is 0 Å². The van der Waals surface area contributed by atoms with E-state index in [1.807, 2.05) is 18.9 Å². The lowest BCUT2D eigenvalue weighted by Crippen LogP contribution is -2.41. The molecule has 1 rings (SSSR count). The fraction of sp³-hybridized carbons (Fsp3) is 0.400. The van der Waals surface area contributed by atoms with Crippen molar-refractivity contribution in [2.24, 2.45) is 0 Å². The first-order valence-corrected chi connectivity index (χ1v) is 4.73. The van der Waals surface area contributed by atoms with E-state index in [9.17, 15) is 4.79 Å².